The van der Waals surface area contributed by atoms with Crippen LogP contribution < -0.4 is 10.5 Å². The third-order valence-electron chi connectivity index (χ3n) is 3.13. The van der Waals surface area contributed by atoms with Gasteiger partial charge < -0.3 is 15.4 Å². The first-order valence-electron chi connectivity index (χ1n) is 6.54. The van der Waals surface area contributed by atoms with E-state index in [4.69, 9.17) is 10.5 Å². The lowest BCUT2D eigenvalue weighted by Gasteiger charge is -2.16. The molecule has 108 valence electrons. The Morgan fingerprint density at radius 1 is 1.47 bits per heavy atom. The number of amides is 1. The third kappa shape index (κ3) is 4.24. The molecule has 0 aliphatic heterocycles. The zero-order valence-electron chi connectivity index (χ0n) is 12.3. The predicted molar refractivity (Wildman–Crippen MR) is 74.1 cm³/mol. The van der Waals surface area contributed by atoms with E-state index in [0.29, 0.717) is 26.1 Å². The Bertz CT molecular complexity index is 429. The molecule has 0 bridgehead atoms. The summed E-state index contributed by atoms with van der Waals surface area (Å²) in [6, 6.07) is 0. The summed E-state index contributed by atoms with van der Waals surface area (Å²) in [4.78, 5) is 13.5. The van der Waals surface area contributed by atoms with Gasteiger partial charge in [-0.25, -0.2) is 0 Å². The molecule has 6 heteroatoms. The molecule has 0 fully saturated rings. The normalized spacial score (nSPS) is 10.6. The maximum Gasteiger partial charge on any atom is 0.225 e. The van der Waals surface area contributed by atoms with Gasteiger partial charge in [0.05, 0.1) is 18.7 Å². The minimum Gasteiger partial charge on any atom is -0.489 e. The Morgan fingerprint density at radius 3 is 2.68 bits per heavy atom. The second-order valence-electron chi connectivity index (χ2n) is 4.68. The van der Waals surface area contributed by atoms with E-state index in [0.717, 1.165) is 23.6 Å². The van der Waals surface area contributed by atoms with Gasteiger partial charge >= 0.3 is 0 Å². The molecule has 1 aromatic heterocycles. The van der Waals surface area contributed by atoms with Crippen LogP contribution in [0.1, 0.15) is 24.2 Å². The number of rotatable bonds is 7. The summed E-state index contributed by atoms with van der Waals surface area (Å²) in [7, 11) is 3.67. The third-order valence-corrected chi connectivity index (χ3v) is 3.13. The van der Waals surface area contributed by atoms with Crippen molar-refractivity contribution in [1.82, 2.24) is 14.7 Å². The molecule has 1 heterocycles. The molecule has 1 aromatic rings. The van der Waals surface area contributed by atoms with Gasteiger partial charge in [0.2, 0.25) is 5.91 Å². The van der Waals surface area contributed by atoms with E-state index < -0.39 is 0 Å². The molecule has 0 aromatic carbocycles. The fourth-order valence-electron chi connectivity index (χ4n) is 1.85. The van der Waals surface area contributed by atoms with Crippen LogP contribution in [0.5, 0.6) is 5.75 Å². The van der Waals surface area contributed by atoms with Crippen molar-refractivity contribution in [3.8, 4) is 5.75 Å². The van der Waals surface area contributed by atoms with Gasteiger partial charge in [0.1, 0.15) is 5.69 Å². The van der Waals surface area contributed by atoms with Crippen molar-refractivity contribution >= 4 is 5.91 Å². The fraction of sp³-hybridized carbons (Fsp3) is 0.692. The summed E-state index contributed by atoms with van der Waals surface area (Å²) in [6.07, 6.45) is 1.19. The number of aromatic nitrogens is 2. The molecular formula is C13H24N4O2. The highest BCUT2D eigenvalue weighted by molar-refractivity contribution is 5.75. The van der Waals surface area contributed by atoms with Crippen molar-refractivity contribution in [2.45, 2.75) is 26.7 Å². The largest absolute Gasteiger partial charge is 0.489 e. The summed E-state index contributed by atoms with van der Waals surface area (Å²) in [5.74, 6) is 0.854. The smallest absolute Gasteiger partial charge is 0.225 e. The first-order chi connectivity index (χ1) is 8.97. The summed E-state index contributed by atoms with van der Waals surface area (Å²) in [5.41, 5.74) is 7.24. The molecule has 1 amide bonds. The number of hydrogen-bond donors (Lipinski definition) is 1. The highest BCUT2D eigenvalue weighted by Crippen LogP contribution is 2.21. The molecule has 0 radical (unpaired) electrons. The van der Waals surface area contributed by atoms with Crippen LogP contribution in [0, 0.1) is 13.8 Å². The molecule has 0 saturated carbocycles. The Labute approximate surface area is 114 Å². The minimum absolute atomic E-state index is 0.0765. The molecule has 0 unspecified atom stereocenters. The monoisotopic (exact) mass is 268 g/mol. The molecule has 0 atom stereocenters. The Hall–Kier alpha value is -1.56. The van der Waals surface area contributed by atoms with Gasteiger partial charge in [-0.3, -0.25) is 9.48 Å². The van der Waals surface area contributed by atoms with Gasteiger partial charge in [0, 0.05) is 20.6 Å². The van der Waals surface area contributed by atoms with Crippen molar-refractivity contribution in [3.05, 3.63) is 11.4 Å². The number of nitrogens with two attached hydrogens (primary N) is 1. The number of aryl methyl sites for hydroxylation is 2. The molecule has 19 heavy (non-hydrogen) atoms. The number of carbonyl (C=O) groups is 1. The molecule has 6 nitrogen and oxygen atoms in total. The van der Waals surface area contributed by atoms with Gasteiger partial charge in [0.15, 0.2) is 5.75 Å². The molecular weight excluding hydrogens is 244 g/mol. The van der Waals surface area contributed by atoms with Crippen molar-refractivity contribution < 1.29 is 9.53 Å². The summed E-state index contributed by atoms with van der Waals surface area (Å²) in [6.45, 7) is 5.52. The first-order valence-corrected chi connectivity index (χ1v) is 6.54. The first kappa shape index (κ1) is 15.5. The summed E-state index contributed by atoms with van der Waals surface area (Å²) >= 11 is 0. The van der Waals surface area contributed by atoms with Crippen LogP contribution in [0.25, 0.3) is 0 Å². The number of carbonyl (C=O) groups excluding carboxylic acids is 1. The van der Waals surface area contributed by atoms with Crippen LogP contribution in [0.3, 0.4) is 0 Å². The maximum atomic E-state index is 11.8. The average Bonchev–Trinajstić information content (AvgIpc) is 2.61. The second-order valence-corrected chi connectivity index (χ2v) is 4.68. The molecule has 0 aliphatic rings. The molecule has 0 saturated heterocycles. The van der Waals surface area contributed by atoms with Gasteiger partial charge in [-0.15, -0.1) is 0 Å². The quantitative estimate of drug-likeness (QED) is 0.786. The van der Waals surface area contributed by atoms with Crippen molar-refractivity contribution in [1.29, 1.82) is 0 Å². The number of ether oxygens (including phenoxy) is 1. The Morgan fingerprint density at radius 2 is 2.16 bits per heavy atom. The van der Waals surface area contributed by atoms with E-state index >= 15 is 0 Å². The predicted octanol–water partition coefficient (Wildman–Crippen LogP) is 0.613. The van der Waals surface area contributed by atoms with E-state index in [1.807, 2.05) is 20.9 Å². The zero-order chi connectivity index (χ0) is 14.4. The van der Waals surface area contributed by atoms with Gasteiger partial charge in [-0.1, -0.05) is 0 Å². The van der Waals surface area contributed by atoms with Crippen LogP contribution in [-0.2, 0) is 11.8 Å². The lowest BCUT2D eigenvalue weighted by molar-refractivity contribution is -0.130. The highest BCUT2D eigenvalue weighted by Gasteiger charge is 2.12. The van der Waals surface area contributed by atoms with E-state index in [1.165, 1.54) is 0 Å². The van der Waals surface area contributed by atoms with E-state index in [9.17, 15) is 4.79 Å². The Balaban J connectivity index is 2.39. The molecule has 0 spiro atoms. The lowest BCUT2D eigenvalue weighted by Crippen LogP contribution is -2.30. The maximum absolute atomic E-state index is 11.8. The Kier molecular flexibility index (Phi) is 5.82. The summed E-state index contributed by atoms with van der Waals surface area (Å²) < 4.78 is 7.44. The van der Waals surface area contributed by atoms with Crippen LogP contribution in [-0.4, -0.2) is 47.3 Å². The van der Waals surface area contributed by atoms with Gasteiger partial charge in [0.25, 0.3) is 0 Å². The zero-order valence-corrected chi connectivity index (χ0v) is 12.3. The van der Waals surface area contributed by atoms with E-state index in [2.05, 4.69) is 5.10 Å². The van der Waals surface area contributed by atoms with Crippen LogP contribution in [0.2, 0.25) is 0 Å². The lowest BCUT2D eigenvalue weighted by atomic mass is 10.3. The fourth-order valence-corrected chi connectivity index (χ4v) is 1.85. The average molecular weight is 268 g/mol. The van der Waals surface area contributed by atoms with Crippen molar-refractivity contribution in [3.63, 3.8) is 0 Å². The number of hydrogen-bond acceptors (Lipinski definition) is 4. The van der Waals surface area contributed by atoms with Crippen LogP contribution in [0.4, 0.5) is 0 Å². The molecule has 2 N–H and O–H groups in total. The molecule has 1 rings (SSSR count). The standard InChI is InChI=1S/C13H24N4O2/c1-10-13(11(2)17(4)15-10)19-9-6-12(18)16(3)8-5-7-14/h5-9,14H2,1-4H3. The van der Waals surface area contributed by atoms with Crippen molar-refractivity contribution in [2.75, 3.05) is 26.7 Å². The van der Waals surface area contributed by atoms with Crippen molar-refractivity contribution in [2.24, 2.45) is 12.8 Å². The highest BCUT2D eigenvalue weighted by atomic mass is 16.5. The number of nitrogens with zero attached hydrogens (tertiary/aromatic N) is 3. The van der Waals surface area contributed by atoms with Crippen LogP contribution >= 0.6 is 0 Å². The molecule has 0 aliphatic carbocycles. The second kappa shape index (κ2) is 7.13. The minimum atomic E-state index is 0.0765. The summed E-state index contributed by atoms with van der Waals surface area (Å²) in [5, 5.41) is 4.27. The van der Waals surface area contributed by atoms with E-state index in [1.54, 1.807) is 16.6 Å². The van der Waals surface area contributed by atoms with Gasteiger partial charge in [-0.2, -0.15) is 5.10 Å². The van der Waals surface area contributed by atoms with Gasteiger partial charge in [-0.05, 0) is 26.8 Å². The van der Waals surface area contributed by atoms with E-state index in [-0.39, 0.29) is 5.91 Å². The van der Waals surface area contributed by atoms with Crippen LogP contribution in [0.15, 0.2) is 0 Å². The SMILES string of the molecule is Cc1nn(C)c(C)c1OCCC(=O)N(C)CCCN. The topological polar surface area (TPSA) is 73.4 Å².